The molecule has 0 bridgehead atoms. The summed E-state index contributed by atoms with van der Waals surface area (Å²) in [5, 5.41) is 3.36. The van der Waals surface area contributed by atoms with Gasteiger partial charge in [0.25, 0.3) is 0 Å². The average Bonchev–Trinajstić information content (AvgIpc) is 3.04. The molecular weight excluding hydrogens is 346 g/mol. The summed E-state index contributed by atoms with van der Waals surface area (Å²) in [6, 6.07) is 9.64. The molecule has 0 unspecified atom stereocenters. The summed E-state index contributed by atoms with van der Waals surface area (Å²) in [4.78, 5) is 28.7. The number of likely N-dealkylation sites (tertiary alicyclic amines) is 1. The van der Waals surface area contributed by atoms with E-state index in [1.165, 1.54) is 0 Å². The number of ether oxygens (including phenoxy) is 2. The second-order valence-corrected chi connectivity index (χ2v) is 8.24. The molecule has 0 aromatic heterocycles. The minimum Gasteiger partial charge on any atom is -0.445 e. The number of nitrogens with zero attached hydrogens (tertiary/aromatic N) is 2. The van der Waals surface area contributed by atoms with Crippen molar-refractivity contribution >= 4 is 12.2 Å². The molecule has 3 rings (SSSR count). The Balaban J connectivity index is 1.64. The summed E-state index contributed by atoms with van der Waals surface area (Å²) in [5.74, 6) is 0. The van der Waals surface area contributed by atoms with Crippen molar-refractivity contribution in [3.63, 3.8) is 0 Å². The second-order valence-electron chi connectivity index (χ2n) is 8.24. The van der Waals surface area contributed by atoms with Crippen molar-refractivity contribution in [3.8, 4) is 0 Å². The molecular formula is C20H29N3O4. The highest BCUT2D eigenvalue weighted by Gasteiger charge is 2.49. The highest BCUT2D eigenvalue weighted by molar-refractivity contribution is 5.71. The number of rotatable bonds is 2. The maximum atomic E-state index is 12.8. The van der Waals surface area contributed by atoms with Gasteiger partial charge in [-0.2, -0.15) is 0 Å². The lowest BCUT2D eigenvalue weighted by molar-refractivity contribution is 0.0163. The second kappa shape index (κ2) is 7.76. The first kappa shape index (κ1) is 19.5. The Hall–Kier alpha value is -2.28. The van der Waals surface area contributed by atoms with Gasteiger partial charge in [0.2, 0.25) is 0 Å². The molecule has 27 heavy (non-hydrogen) atoms. The Labute approximate surface area is 160 Å². The fourth-order valence-corrected chi connectivity index (χ4v) is 3.63. The molecule has 2 amide bonds. The van der Waals surface area contributed by atoms with E-state index in [-0.39, 0.29) is 18.8 Å². The van der Waals surface area contributed by atoms with Crippen LogP contribution in [0.25, 0.3) is 0 Å². The van der Waals surface area contributed by atoms with Gasteiger partial charge in [-0.15, -0.1) is 0 Å². The summed E-state index contributed by atoms with van der Waals surface area (Å²) in [6.07, 6.45) is 0.0496. The van der Waals surface area contributed by atoms with E-state index >= 15 is 0 Å². The van der Waals surface area contributed by atoms with Crippen LogP contribution in [0.1, 0.15) is 32.8 Å². The number of nitrogens with one attached hydrogen (secondary N) is 1. The van der Waals surface area contributed by atoms with Gasteiger partial charge in [-0.05, 0) is 32.8 Å². The van der Waals surface area contributed by atoms with Gasteiger partial charge >= 0.3 is 12.2 Å². The zero-order chi connectivity index (χ0) is 19.5. The molecule has 1 N–H and O–H groups in total. The van der Waals surface area contributed by atoms with Gasteiger partial charge in [0.15, 0.2) is 0 Å². The molecule has 2 fully saturated rings. The SMILES string of the molecule is CC(C)(C)OC(=O)N1CC[C@]2(CNCCN2C(=O)OCc2ccccc2)C1. The number of amides is 2. The molecule has 2 aliphatic heterocycles. The Bertz CT molecular complexity index is 674. The van der Waals surface area contributed by atoms with Crippen LogP contribution in [0.2, 0.25) is 0 Å². The van der Waals surface area contributed by atoms with Gasteiger partial charge in [0, 0.05) is 32.7 Å². The first-order valence-electron chi connectivity index (χ1n) is 9.46. The zero-order valence-electron chi connectivity index (χ0n) is 16.4. The van der Waals surface area contributed by atoms with E-state index in [1.54, 1.807) is 9.80 Å². The van der Waals surface area contributed by atoms with E-state index in [0.717, 1.165) is 5.56 Å². The number of carbonyl (C=O) groups excluding carboxylic acids is 2. The minimum absolute atomic E-state index is 0.245. The smallest absolute Gasteiger partial charge is 0.410 e. The Kier molecular flexibility index (Phi) is 5.60. The van der Waals surface area contributed by atoms with Gasteiger partial charge in [-0.1, -0.05) is 30.3 Å². The van der Waals surface area contributed by atoms with E-state index in [2.05, 4.69) is 5.32 Å². The maximum absolute atomic E-state index is 12.8. The van der Waals surface area contributed by atoms with Crippen LogP contribution in [-0.4, -0.2) is 65.9 Å². The van der Waals surface area contributed by atoms with Gasteiger partial charge in [0.1, 0.15) is 12.2 Å². The van der Waals surface area contributed by atoms with Crippen LogP contribution >= 0.6 is 0 Å². The van der Waals surface area contributed by atoms with Crippen LogP contribution in [-0.2, 0) is 16.1 Å². The number of carbonyl (C=O) groups is 2. The predicted octanol–water partition coefficient (Wildman–Crippen LogP) is 2.61. The molecule has 1 spiro atoms. The summed E-state index contributed by atoms with van der Waals surface area (Å²) in [5.41, 5.74) is -0.0219. The molecule has 0 radical (unpaired) electrons. The van der Waals surface area contributed by atoms with Crippen LogP contribution in [0.3, 0.4) is 0 Å². The zero-order valence-corrected chi connectivity index (χ0v) is 16.4. The molecule has 2 aliphatic rings. The topological polar surface area (TPSA) is 71.1 Å². The molecule has 7 nitrogen and oxygen atoms in total. The molecule has 0 saturated carbocycles. The highest BCUT2D eigenvalue weighted by atomic mass is 16.6. The van der Waals surface area contributed by atoms with Crippen molar-refractivity contribution < 1.29 is 19.1 Å². The highest BCUT2D eigenvalue weighted by Crippen LogP contribution is 2.31. The summed E-state index contributed by atoms with van der Waals surface area (Å²) >= 11 is 0. The third-order valence-corrected chi connectivity index (χ3v) is 4.95. The predicted molar refractivity (Wildman–Crippen MR) is 101 cm³/mol. The third-order valence-electron chi connectivity index (χ3n) is 4.95. The molecule has 2 heterocycles. The standard InChI is InChI=1S/C20H29N3O4/c1-19(2,3)27-17(24)22-11-9-20(15-22)14-21-10-12-23(20)18(25)26-13-16-7-5-4-6-8-16/h4-8,21H,9-15H2,1-3H3/t20-/m0/s1. The van der Waals surface area contributed by atoms with Gasteiger partial charge in [-0.3, -0.25) is 4.90 Å². The van der Waals surface area contributed by atoms with Gasteiger partial charge in [0.05, 0.1) is 5.54 Å². The van der Waals surface area contributed by atoms with E-state index < -0.39 is 11.1 Å². The van der Waals surface area contributed by atoms with Crippen molar-refractivity contribution in [2.24, 2.45) is 0 Å². The Morgan fingerprint density at radius 1 is 1.15 bits per heavy atom. The normalized spacial score (nSPS) is 22.8. The van der Waals surface area contributed by atoms with Crippen LogP contribution < -0.4 is 5.32 Å². The molecule has 148 valence electrons. The average molecular weight is 375 g/mol. The lowest BCUT2D eigenvalue weighted by atomic mass is 9.94. The van der Waals surface area contributed by atoms with Crippen LogP contribution in [0.4, 0.5) is 9.59 Å². The Morgan fingerprint density at radius 3 is 2.59 bits per heavy atom. The summed E-state index contributed by atoms with van der Waals surface area (Å²) < 4.78 is 11.0. The fourth-order valence-electron chi connectivity index (χ4n) is 3.63. The van der Waals surface area contributed by atoms with E-state index in [4.69, 9.17) is 9.47 Å². The quantitative estimate of drug-likeness (QED) is 0.860. The van der Waals surface area contributed by atoms with E-state index in [0.29, 0.717) is 39.1 Å². The number of piperazine rings is 1. The number of hydrogen-bond donors (Lipinski definition) is 1. The van der Waals surface area contributed by atoms with Crippen LogP contribution in [0.15, 0.2) is 30.3 Å². The molecule has 1 aromatic carbocycles. The molecule has 7 heteroatoms. The van der Waals surface area contributed by atoms with Crippen LogP contribution in [0, 0.1) is 0 Å². The lowest BCUT2D eigenvalue weighted by Gasteiger charge is -2.44. The van der Waals surface area contributed by atoms with Gasteiger partial charge < -0.3 is 19.7 Å². The largest absolute Gasteiger partial charge is 0.445 e. The number of hydrogen-bond acceptors (Lipinski definition) is 5. The van der Waals surface area contributed by atoms with Gasteiger partial charge in [-0.25, -0.2) is 9.59 Å². The van der Waals surface area contributed by atoms with Crippen molar-refractivity contribution in [1.82, 2.24) is 15.1 Å². The van der Waals surface area contributed by atoms with Crippen molar-refractivity contribution in [1.29, 1.82) is 0 Å². The summed E-state index contributed by atoms with van der Waals surface area (Å²) in [7, 11) is 0. The first-order chi connectivity index (χ1) is 12.8. The van der Waals surface area contributed by atoms with E-state index in [1.807, 2.05) is 51.1 Å². The molecule has 0 aliphatic carbocycles. The van der Waals surface area contributed by atoms with Crippen molar-refractivity contribution in [2.75, 3.05) is 32.7 Å². The van der Waals surface area contributed by atoms with Crippen molar-refractivity contribution in [3.05, 3.63) is 35.9 Å². The molecule has 2 saturated heterocycles. The van der Waals surface area contributed by atoms with Crippen molar-refractivity contribution in [2.45, 2.75) is 44.9 Å². The third kappa shape index (κ3) is 4.71. The molecule has 1 atom stereocenters. The maximum Gasteiger partial charge on any atom is 0.410 e. The molecule has 1 aromatic rings. The van der Waals surface area contributed by atoms with E-state index in [9.17, 15) is 9.59 Å². The van der Waals surface area contributed by atoms with Crippen LogP contribution in [0.5, 0.6) is 0 Å². The fraction of sp³-hybridized carbons (Fsp3) is 0.600. The number of benzene rings is 1. The first-order valence-corrected chi connectivity index (χ1v) is 9.46. The summed E-state index contributed by atoms with van der Waals surface area (Å²) in [6.45, 7) is 8.76. The monoisotopic (exact) mass is 375 g/mol. The lowest BCUT2D eigenvalue weighted by Crippen LogP contribution is -2.64. The Morgan fingerprint density at radius 2 is 1.89 bits per heavy atom. The minimum atomic E-state index is -0.536.